The molecule has 0 saturated carbocycles. The Morgan fingerprint density at radius 3 is 2.90 bits per heavy atom. The van der Waals surface area contributed by atoms with Crippen molar-refractivity contribution < 1.29 is 9.53 Å². The minimum atomic E-state index is -0.589. The van der Waals surface area contributed by atoms with Crippen LogP contribution >= 0.6 is 0 Å². The van der Waals surface area contributed by atoms with Crippen molar-refractivity contribution in [3.63, 3.8) is 0 Å². The summed E-state index contributed by atoms with van der Waals surface area (Å²) in [5, 5.41) is 3.03. The highest BCUT2D eigenvalue weighted by Gasteiger charge is 2.28. The van der Waals surface area contributed by atoms with Gasteiger partial charge in [0.25, 0.3) is 0 Å². The van der Waals surface area contributed by atoms with Crippen LogP contribution in [0, 0.1) is 0 Å². The highest BCUT2D eigenvalue weighted by atomic mass is 16.5. The number of primary amides is 1. The van der Waals surface area contributed by atoms with E-state index in [0.717, 1.165) is 45.5 Å². The number of rotatable bonds is 9. The lowest BCUT2D eigenvalue weighted by molar-refractivity contribution is -0.123. The summed E-state index contributed by atoms with van der Waals surface area (Å²) in [4.78, 5) is 13.9. The highest BCUT2D eigenvalue weighted by Crippen LogP contribution is 2.16. The normalized spacial score (nSPS) is 23.4. The molecule has 1 aliphatic rings. The maximum Gasteiger partial charge on any atom is 0.237 e. The first-order valence-electron chi connectivity index (χ1n) is 7.84. The quantitative estimate of drug-likeness (QED) is 0.666. The molecule has 1 amide bonds. The van der Waals surface area contributed by atoms with Crippen molar-refractivity contribution in [2.45, 2.75) is 57.6 Å². The highest BCUT2D eigenvalue weighted by molar-refractivity contribution is 5.84. The first-order chi connectivity index (χ1) is 9.51. The molecule has 5 heteroatoms. The van der Waals surface area contributed by atoms with Gasteiger partial charge in [-0.25, -0.2) is 0 Å². The number of likely N-dealkylation sites (tertiary alicyclic amines) is 1. The smallest absolute Gasteiger partial charge is 0.237 e. The SMILES string of the molecule is CCCOC1CCCN(CCCC(C)(NC)C(N)=O)C1. The maximum absolute atomic E-state index is 11.4. The first kappa shape index (κ1) is 17.4. The van der Waals surface area contributed by atoms with E-state index in [4.69, 9.17) is 10.5 Å². The largest absolute Gasteiger partial charge is 0.377 e. The van der Waals surface area contributed by atoms with Crippen LogP contribution < -0.4 is 11.1 Å². The second kappa shape index (κ2) is 8.60. The molecule has 2 unspecified atom stereocenters. The van der Waals surface area contributed by atoms with Gasteiger partial charge < -0.3 is 20.7 Å². The number of amides is 1. The Kier molecular flexibility index (Phi) is 7.48. The van der Waals surface area contributed by atoms with Gasteiger partial charge in [0.2, 0.25) is 5.91 Å². The molecule has 1 fully saturated rings. The topological polar surface area (TPSA) is 67.6 Å². The Hall–Kier alpha value is -0.650. The Labute approximate surface area is 123 Å². The van der Waals surface area contributed by atoms with Crippen molar-refractivity contribution in [2.24, 2.45) is 5.73 Å². The number of likely N-dealkylation sites (N-methyl/N-ethyl adjacent to an activating group) is 1. The Morgan fingerprint density at radius 2 is 2.30 bits per heavy atom. The summed E-state index contributed by atoms with van der Waals surface area (Å²) in [5.41, 5.74) is 4.85. The molecule has 1 heterocycles. The number of hydrogen-bond donors (Lipinski definition) is 2. The third-order valence-corrected chi connectivity index (χ3v) is 4.27. The number of carbonyl (C=O) groups excluding carboxylic acids is 1. The van der Waals surface area contributed by atoms with Crippen LogP contribution in [0.1, 0.15) is 46.0 Å². The van der Waals surface area contributed by atoms with Gasteiger partial charge in [0.1, 0.15) is 0 Å². The molecule has 118 valence electrons. The lowest BCUT2D eigenvalue weighted by atomic mass is 9.95. The molecule has 3 N–H and O–H groups in total. The van der Waals surface area contributed by atoms with Gasteiger partial charge in [-0.2, -0.15) is 0 Å². The summed E-state index contributed by atoms with van der Waals surface area (Å²) in [6, 6.07) is 0. The lowest BCUT2D eigenvalue weighted by Gasteiger charge is -2.33. The Balaban J connectivity index is 2.29. The van der Waals surface area contributed by atoms with E-state index in [-0.39, 0.29) is 5.91 Å². The Morgan fingerprint density at radius 1 is 1.55 bits per heavy atom. The average molecular weight is 285 g/mol. The summed E-state index contributed by atoms with van der Waals surface area (Å²) in [5.74, 6) is -0.275. The van der Waals surface area contributed by atoms with Gasteiger partial charge >= 0.3 is 0 Å². The monoisotopic (exact) mass is 285 g/mol. The van der Waals surface area contributed by atoms with Crippen molar-refractivity contribution in [3.8, 4) is 0 Å². The van der Waals surface area contributed by atoms with Gasteiger partial charge in [-0.3, -0.25) is 4.79 Å². The second-order valence-electron chi connectivity index (χ2n) is 5.99. The van der Waals surface area contributed by atoms with Crippen molar-refractivity contribution in [1.82, 2.24) is 10.2 Å². The predicted molar refractivity (Wildman–Crippen MR) is 81.6 cm³/mol. The van der Waals surface area contributed by atoms with Gasteiger partial charge in [0.05, 0.1) is 11.6 Å². The van der Waals surface area contributed by atoms with E-state index in [2.05, 4.69) is 17.1 Å². The molecule has 0 aromatic rings. The van der Waals surface area contributed by atoms with Crippen LogP contribution in [0.15, 0.2) is 0 Å². The van der Waals surface area contributed by atoms with Crippen LogP contribution in [0.5, 0.6) is 0 Å². The van der Waals surface area contributed by atoms with E-state index in [1.165, 1.54) is 12.8 Å². The van der Waals surface area contributed by atoms with Crippen LogP contribution in [0.3, 0.4) is 0 Å². The van der Waals surface area contributed by atoms with Gasteiger partial charge in [0.15, 0.2) is 0 Å². The molecule has 1 aliphatic heterocycles. The van der Waals surface area contributed by atoms with Crippen molar-refractivity contribution in [1.29, 1.82) is 0 Å². The van der Waals surface area contributed by atoms with Crippen LogP contribution in [-0.2, 0) is 9.53 Å². The number of piperidine rings is 1. The van der Waals surface area contributed by atoms with E-state index < -0.39 is 5.54 Å². The lowest BCUT2D eigenvalue weighted by Crippen LogP contribution is -2.51. The number of nitrogens with two attached hydrogens (primary N) is 1. The predicted octanol–water partition coefficient (Wildman–Crippen LogP) is 1.12. The zero-order chi connectivity index (χ0) is 15.0. The number of nitrogens with zero attached hydrogens (tertiary/aromatic N) is 1. The van der Waals surface area contributed by atoms with Gasteiger partial charge in [-0.05, 0) is 59.2 Å². The van der Waals surface area contributed by atoms with E-state index >= 15 is 0 Å². The minimum Gasteiger partial charge on any atom is -0.377 e. The fraction of sp³-hybridized carbons (Fsp3) is 0.933. The summed E-state index contributed by atoms with van der Waals surface area (Å²) >= 11 is 0. The molecule has 0 spiro atoms. The van der Waals surface area contributed by atoms with E-state index in [1.807, 2.05) is 6.92 Å². The molecular weight excluding hydrogens is 254 g/mol. The van der Waals surface area contributed by atoms with Crippen LogP contribution in [0.2, 0.25) is 0 Å². The average Bonchev–Trinajstić information content (AvgIpc) is 2.45. The maximum atomic E-state index is 11.4. The van der Waals surface area contributed by atoms with Gasteiger partial charge in [-0.15, -0.1) is 0 Å². The zero-order valence-electron chi connectivity index (χ0n) is 13.3. The Bertz CT molecular complexity index is 299. The fourth-order valence-electron chi connectivity index (χ4n) is 2.66. The zero-order valence-corrected chi connectivity index (χ0v) is 13.3. The van der Waals surface area contributed by atoms with Crippen molar-refractivity contribution >= 4 is 5.91 Å². The first-order valence-corrected chi connectivity index (χ1v) is 7.84. The summed E-state index contributed by atoms with van der Waals surface area (Å²) in [6.45, 7) is 8.04. The van der Waals surface area contributed by atoms with Crippen LogP contribution in [-0.4, -0.2) is 55.7 Å². The molecule has 1 saturated heterocycles. The summed E-state index contributed by atoms with van der Waals surface area (Å²) < 4.78 is 5.84. The molecule has 5 nitrogen and oxygen atoms in total. The molecular formula is C15H31N3O2. The van der Waals surface area contributed by atoms with E-state index in [1.54, 1.807) is 7.05 Å². The molecule has 0 aromatic carbocycles. The molecule has 1 rings (SSSR count). The second-order valence-corrected chi connectivity index (χ2v) is 5.99. The number of ether oxygens (including phenoxy) is 1. The van der Waals surface area contributed by atoms with Gasteiger partial charge in [-0.1, -0.05) is 6.92 Å². The molecule has 20 heavy (non-hydrogen) atoms. The molecule has 0 bridgehead atoms. The molecule has 2 atom stereocenters. The summed E-state index contributed by atoms with van der Waals surface area (Å²) in [6.07, 6.45) is 5.58. The van der Waals surface area contributed by atoms with Gasteiger partial charge in [0, 0.05) is 13.2 Å². The third-order valence-electron chi connectivity index (χ3n) is 4.27. The fourth-order valence-corrected chi connectivity index (χ4v) is 2.66. The number of carbonyl (C=O) groups is 1. The minimum absolute atomic E-state index is 0.275. The third kappa shape index (κ3) is 5.38. The number of nitrogens with one attached hydrogen (secondary N) is 1. The molecule has 0 aliphatic carbocycles. The van der Waals surface area contributed by atoms with Crippen LogP contribution in [0.4, 0.5) is 0 Å². The molecule has 0 radical (unpaired) electrons. The molecule has 0 aromatic heterocycles. The standard InChI is InChI=1S/C15H31N3O2/c1-4-11-20-13-7-5-9-18(12-13)10-6-8-15(2,17-3)14(16)19/h13,17H,4-12H2,1-3H3,(H2,16,19). The van der Waals surface area contributed by atoms with E-state index in [9.17, 15) is 4.79 Å². The van der Waals surface area contributed by atoms with Crippen molar-refractivity contribution in [3.05, 3.63) is 0 Å². The number of hydrogen-bond acceptors (Lipinski definition) is 4. The van der Waals surface area contributed by atoms with Crippen LogP contribution in [0.25, 0.3) is 0 Å². The van der Waals surface area contributed by atoms with Crippen molar-refractivity contribution in [2.75, 3.05) is 33.3 Å². The summed E-state index contributed by atoms with van der Waals surface area (Å²) in [7, 11) is 1.79. The van der Waals surface area contributed by atoms with E-state index in [0.29, 0.717) is 6.10 Å².